The maximum atomic E-state index is 12.3. The summed E-state index contributed by atoms with van der Waals surface area (Å²) >= 11 is 0. The summed E-state index contributed by atoms with van der Waals surface area (Å²) in [5, 5.41) is 0. The highest BCUT2D eigenvalue weighted by Crippen LogP contribution is 2.37. The number of nitrogens with zero attached hydrogens (tertiary/aromatic N) is 3. The number of hydrogen-bond acceptors (Lipinski definition) is 5. The molecule has 0 aromatic carbocycles. The maximum absolute atomic E-state index is 12.3. The van der Waals surface area contributed by atoms with Crippen molar-refractivity contribution in [2.24, 2.45) is 0 Å². The fourth-order valence-corrected chi connectivity index (χ4v) is 3.95. The van der Waals surface area contributed by atoms with E-state index in [4.69, 9.17) is 9.47 Å². The van der Waals surface area contributed by atoms with Gasteiger partial charge in [0, 0.05) is 18.8 Å². The summed E-state index contributed by atoms with van der Waals surface area (Å²) in [6, 6.07) is 5.68. The molecule has 2 fully saturated rings. The summed E-state index contributed by atoms with van der Waals surface area (Å²) in [5.41, 5.74) is 2.51. The molecule has 0 radical (unpaired) electrons. The van der Waals surface area contributed by atoms with E-state index in [1.807, 2.05) is 23.1 Å². The molecule has 4 rings (SSSR count). The van der Waals surface area contributed by atoms with E-state index in [1.54, 1.807) is 13.3 Å². The van der Waals surface area contributed by atoms with Crippen LogP contribution in [0.4, 0.5) is 4.79 Å². The van der Waals surface area contributed by atoms with Gasteiger partial charge in [-0.2, -0.15) is 0 Å². The van der Waals surface area contributed by atoms with Gasteiger partial charge in [-0.05, 0) is 49.8 Å². The lowest BCUT2D eigenvalue weighted by atomic mass is 9.85. The van der Waals surface area contributed by atoms with Crippen molar-refractivity contribution >= 4 is 17.1 Å². The minimum Gasteiger partial charge on any atom is -0.481 e. The molecule has 0 N–H and O–H groups in total. The highest BCUT2D eigenvalue weighted by Gasteiger charge is 2.45. The molecule has 1 saturated heterocycles. The van der Waals surface area contributed by atoms with Crippen LogP contribution in [0.1, 0.15) is 37.7 Å². The average Bonchev–Trinajstić information content (AvgIpc) is 2.94. The largest absolute Gasteiger partial charge is 0.481 e. The third kappa shape index (κ3) is 3.13. The van der Waals surface area contributed by atoms with Crippen LogP contribution in [-0.4, -0.2) is 46.8 Å². The van der Waals surface area contributed by atoms with Gasteiger partial charge < -0.3 is 14.4 Å². The Morgan fingerprint density at radius 1 is 1.24 bits per heavy atom. The molecule has 25 heavy (non-hydrogen) atoms. The summed E-state index contributed by atoms with van der Waals surface area (Å²) in [4.78, 5) is 23.0. The van der Waals surface area contributed by atoms with E-state index >= 15 is 0 Å². The van der Waals surface area contributed by atoms with Crippen LogP contribution in [0, 0.1) is 0 Å². The van der Waals surface area contributed by atoms with Gasteiger partial charge in [-0.15, -0.1) is 0 Å². The highest BCUT2D eigenvalue weighted by molar-refractivity contribution is 5.78. The van der Waals surface area contributed by atoms with E-state index < -0.39 is 0 Å². The predicted molar refractivity (Wildman–Crippen MR) is 93.7 cm³/mol. The first-order valence-corrected chi connectivity index (χ1v) is 8.96. The Bertz CT molecular complexity index is 787. The number of rotatable bonds is 4. The molecular weight excluding hydrogens is 318 g/mol. The molecule has 1 saturated carbocycles. The minimum absolute atomic E-state index is 0.175. The number of hydrogen-bond donors (Lipinski definition) is 0. The van der Waals surface area contributed by atoms with Gasteiger partial charge in [0.25, 0.3) is 0 Å². The molecular formula is C19H23N3O3. The van der Waals surface area contributed by atoms with Gasteiger partial charge in [0.2, 0.25) is 5.88 Å². The van der Waals surface area contributed by atoms with Gasteiger partial charge in [-0.25, -0.2) is 9.78 Å². The summed E-state index contributed by atoms with van der Waals surface area (Å²) in [6.07, 6.45) is 7.88. The zero-order chi connectivity index (χ0) is 17.3. The van der Waals surface area contributed by atoms with Crippen molar-refractivity contribution in [3.8, 4) is 5.88 Å². The van der Waals surface area contributed by atoms with E-state index in [-0.39, 0.29) is 11.7 Å². The van der Waals surface area contributed by atoms with Crippen LogP contribution in [0.5, 0.6) is 5.88 Å². The summed E-state index contributed by atoms with van der Waals surface area (Å²) in [6.45, 7) is 1.35. The summed E-state index contributed by atoms with van der Waals surface area (Å²) < 4.78 is 11.0. The van der Waals surface area contributed by atoms with Crippen molar-refractivity contribution in [1.29, 1.82) is 0 Å². The molecule has 0 bridgehead atoms. The number of fused-ring (bicyclic) bond motifs is 1. The monoisotopic (exact) mass is 341 g/mol. The standard InChI is InChI=1S/C19H23N3O3/c1-24-16-6-5-15-17(21-16)14(7-11-20-15)8-12-22-13-19(25-18(22)23)9-3-2-4-10-19/h5-7,11H,2-4,8-10,12-13H2,1H3. The summed E-state index contributed by atoms with van der Waals surface area (Å²) in [7, 11) is 1.61. The second kappa shape index (κ2) is 6.50. The van der Waals surface area contributed by atoms with Crippen LogP contribution in [0.15, 0.2) is 24.4 Å². The van der Waals surface area contributed by atoms with Crippen molar-refractivity contribution in [3.05, 3.63) is 30.0 Å². The van der Waals surface area contributed by atoms with Crippen LogP contribution < -0.4 is 4.74 Å². The van der Waals surface area contributed by atoms with Crippen molar-refractivity contribution in [2.75, 3.05) is 20.2 Å². The molecule has 6 nitrogen and oxygen atoms in total. The lowest BCUT2D eigenvalue weighted by Crippen LogP contribution is -2.37. The Hall–Kier alpha value is -2.37. The van der Waals surface area contributed by atoms with Crippen molar-refractivity contribution in [3.63, 3.8) is 0 Å². The molecule has 1 spiro atoms. The SMILES string of the molecule is COc1ccc2nccc(CCN3CC4(CCCCC4)OC3=O)c2n1. The molecule has 0 atom stereocenters. The topological polar surface area (TPSA) is 64.6 Å². The summed E-state index contributed by atoms with van der Waals surface area (Å²) in [5.74, 6) is 0.573. The molecule has 1 aliphatic carbocycles. The van der Waals surface area contributed by atoms with Crippen LogP contribution in [0.2, 0.25) is 0 Å². The lowest BCUT2D eigenvalue weighted by Gasteiger charge is -2.30. The normalized spacial score (nSPS) is 19.4. The van der Waals surface area contributed by atoms with E-state index in [9.17, 15) is 4.79 Å². The number of carbonyl (C=O) groups is 1. The first kappa shape index (κ1) is 16.1. The number of amides is 1. The lowest BCUT2D eigenvalue weighted by molar-refractivity contribution is 0.0260. The van der Waals surface area contributed by atoms with E-state index in [0.717, 1.165) is 48.7 Å². The Balaban J connectivity index is 1.50. The molecule has 0 unspecified atom stereocenters. The van der Waals surface area contributed by atoms with Crippen LogP contribution in [-0.2, 0) is 11.2 Å². The fraction of sp³-hybridized carbons (Fsp3) is 0.526. The zero-order valence-electron chi connectivity index (χ0n) is 14.5. The van der Waals surface area contributed by atoms with Crippen molar-refractivity contribution in [2.45, 2.75) is 44.1 Å². The number of ether oxygens (including phenoxy) is 2. The Morgan fingerprint density at radius 2 is 2.08 bits per heavy atom. The number of carbonyl (C=O) groups excluding carboxylic acids is 1. The van der Waals surface area contributed by atoms with E-state index in [1.165, 1.54) is 6.42 Å². The predicted octanol–water partition coefficient (Wildman–Crippen LogP) is 3.34. The fourth-order valence-electron chi connectivity index (χ4n) is 3.95. The first-order chi connectivity index (χ1) is 12.2. The average molecular weight is 341 g/mol. The third-order valence-corrected chi connectivity index (χ3v) is 5.31. The molecule has 2 aromatic heterocycles. The number of aromatic nitrogens is 2. The highest BCUT2D eigenvalue weighted by atomic mass is 16.6. The molecule has 1 aliphatic heterocycles. The van der Waals surface area contributed by atoms with Gasteiger partial charge in [-0.3, -0.25) is 4.98 Å². The van der Waals surface area contributed by atoms with E-state index in [2.05, 4.69) is 9.97 Å². The Kier molecular flexibility index (Phi) is 4.19. The molecule has 3 heterocycles. The minimum atomic E-state index is -0.239. The van der Waals surface area contributed by atoms with Gasteiger partial charge in [0.15, 0.2) is 0 Å². The molecule has 2 aromatic rings. The molecule has 6 heteroatoms. The van der Waals surface area contributed by atoms with E-state index in [0.29, 0.717) is 19.0 Å². The van der Waals surface area contributed by atoms with Crippen LogP contribution in [0.3, 0.4) is 0 Å². The Morgan fingerprint density at radius 3 is 2.88 bits per heavy atom. The molecule has 1 amide bonds. The van der Waals surface area contributed by atoms with Crippen molar-refractivity contribution < 1.29 is 14.3 Å². The molecule has 2 aliphatic rings. The second-order valence-electron chi connectivity index (χ2n) is 6.97. The van der Waals surface area contributed by atoms with Crippen molar-refractivity contribution in [1.82, 2.24) is 14.9 Å². The third-order valence-electron chi connectivity index (χ3n) is 5.31. The van der Waals surface area contributed by atoms with Gasteiger partial charge in [-0.1, -0.05) is 6.42 Å². The van der Waals surface area contributed by atoms with Crippen LogP contribution >= 0.6 is 0 Å². The van der Waals surface area contributed by atoms with Gasteiger partial charge in [0.1, 0.15) is 5.60 Å². The van der Waals surface area contributed by atoms with Crippen LogP contribution in [0.25, 0.3) is 11.0 Å². The quantitative estimate of drug-likeness (QED) is 0.853. The first-order valence-electron chi connectivity index (χ1n) is 8.96. The zero-order valence-corrected chi connectivity index (χ0v) is 14.5. The Labute approximate surface area is 147 Å². The number of pyridine rings is 2. The maximum Gasteiger partial charge on any atom is 0.410 e. The molecule has 132 valence electrons. The smallest absolute Gasteiger partial charge is 0.410 e. The van der Waals surface area contributed by atoms with Gasteiger partial charge in [0.05, 0.1) is 24.7 Å². The second-order valence-corrected chi connectivity index (χ2v) is 6.97. The number of methoxy groups -OCH3 is 1. The van der Waals surface area contributed by atoms with Gasteiger partial charge >= 0.3 is 6.09 Å².